The molecule has 1 heterocycles. The van der Waals surface area contributed by atoms with E-state index in [0.29, 0.717) is 5.69 Å². The van der Waals surface area contributed by atoms with Gasteiger partial charge in [0.05, 0.1) is 5.69 Å². The molecule has 5 heteroatoms. The molecule has 0 atom stereocenters. The van der Waals surface area contributed by atoms with Crippen LogP contribution in [-0.4, -0.2) is 36.1 Å². The van der Waals surface area contributed by atoms with Gasteiger partial charge >= 0.3 is 0 Å². The molecule has 0 unspecified atom stereocenters. The Hall–Kier alpha value is -1.46. The monoisotopic (exact) mass is 378 g/mol. The number of rotatable bonds is 2. The Labute approximate surface area is 143 Å². The third kappa shape index (κ3) is 3.31. The van der Waals surface area contributed by atoms with Gasteiger partial charge in [0, 0.05) is 36.2 Å². The molecule has 1 aliphatic heterocycles. The van der Waals surface area contributed by atoms with Gasteiger partial charge in [0.2, 0.25) is 0 Å². The number of hydrogen-bond donors (Lipinski definition) is 0. The quantitative estimate of drug-likeness (QED) is 0.726. The van der Waals surface area contributed by atoms with Crippen molar-refractivity contribution < 1.29 is 4.39 Å². The highest BCUT2D eigenvalue weighted by atomic mass is 79.9. The molecule has 0 amide bonds. The summed E-state index contributed by atoms with van der Waals surface area (Å²) >= 11 is 9.01. The number of hydrogen-bond acceptors (Lipinski definition) is 2. The van der Waals surface area contributed by atoms with E-state index < -0.39 is 0 Å². The summed E-state index contributed by atoms with van der Waals surface area (Å²) in [7, 11) is 0. The van der Waals surface area contributed by atoms with Gasteiger partial charge in [-0.3, -0.25) is 0 Å². The molecule has 0 saturated carbocycles. The molecule has 22 heavy (non-hydrogen) atoms. The second-order valence-corrected chi connectivity index (χ2v) is 6.54. The summed E-state index contributed by atoms with van der Waals surface area (Å²) in [6.07, 6.45) is 0. The summed E-state index contributed by atoms with van der Waals surface area (Å²) in [6, 6.07) is 15.0. The summed E-state index contributed by atoms with van der Waals surface area (Å²) in [5, 5.41) is 0. The maximum absolute atomic E-state index is 13.8. The molecule has 114 valence electrons. The van der Waals surface area contributed by atoms with Crippen LogP contribution >= 0.6 is 28.1 Å². The first-order valence-electron chi connectivity index (χ1n) is 7.19. The minimum Gasteiger partial charge on any atom is -0.366 e. The molecule has 0 radical (unpaired) electrons. The van der Waals surface area contributed by atoms with Crippen LogP contribution in [0.1, 0.15) is 5.56 Å². The normalized spacial score (nSPS) is 15.0. The van der Waals surface area contributed by atoms with E-state index in [1.54, 1.807) is 6.07 Å². The Kier molecular flexibility index (Phi) is 4.74. The Morgan fingerprint density at radius 2 is 1.59 bits per heavy atom. The zero-order valence-electron chi connectivity index (χ0n) is 12.0. The molecule has 1 fully saturated rings. The summed E-state index contributed by atoms with van der Waals surface area (Å²) in [5.41, 5.74) is 1.73. The van der Waals surface area contributed by atoms with Gasteiger partial charge in [-0.2, -0.15) is 0 Å². The summed E-state index contributed by atoms with van der Waals surface area (Å²) in [4.78, 5) is 5.13. The van der Waals surface area contributed by atoms with Crippen molar-refractivity contribution in [1.29, 1.82) is 0 Å². The van der Waals surface area contributed by atoms with Gasteiger partial charge in [0.15, 0.2) is 0 Å². The van der Waals surface area contributed by atoms with E-state index in [0.717, 1.165) is 41.2 Å². The van der Waals surface area contributed by atoms with Crippen molar-refractivity contribution in [2.24, 2.45) is 0 Å². The van der Waals surface area contributed by atoms with Crippen molar-refractivity contribution in [1.82, 2.24) is 4.90 Å². The average molecular weight is 379 g/mol. The molecule has 1 aliphatic rings. The molecule has 0 aromatic heterocycles. The highest BCUT2D eigenvalue weighted by Crippen LogP contribution is 2.21. The standard InChI is InChI=1S/C17H16BrFN2S/c18-14-7-5-13(6-8-14)17(22)21-11-9-20(10-12-21)16-4-2-1-3-15(16)19/h1-8H,9-12H2. The minimum atomic E-state index is -0.161. The van der Waals surface area contributed by atoms with Crippen LogP contribution in [0.25, 0.3) is 0 Å². The Bertz CT molecular complexity index is 667. The molecule has 1 saturated heterocycles. The molecular weight excluding hydrogens is 363 g/mol. The number of piperazine rings is 1. The molecule has 0 aliphatic carbocycles. The maximum atomic E-state index is 13.8. The number of nitrogens with zero attached hydrogens (tertiary/aromatic N) is 2. The Morgan fingerprint density at radius 1 is 0.955 bits per heavy atom. The zero-order valence-corrected chi connectivity index (χ0v) is 14.4. The van der Waals surface area contributed by atoms with E-state index in [9.17, 15) is 4.39 Å². The van der Waals surface area contributed by atoms with Crippen LogP contribution in [0.5, 0.6) is 0 Å². The van der Waals surface area contributed by atoms with E-state index >= 15 is 0 Å². The third-order valence-corrected chi connectivity index (χ3v) is 4.87. The molecule has 2 aromatic carbocycles. The highest BCUT2D eigenvalue weighted by Gasteiger charge is 2.21. The summed E-state index contributed by atoms with van der Waals surface area (Å²) in [6.45, 7) is 3.17. The van der Waals surface area contributed by atoms with Gasteiger partial charge in [0.25, 0.3) is 0 Å². The van der Waals surface area contributed by atoms with Gasteiger partial charge in [-0.1, -0.05) is 52.4 Å². The second-order valence-electron chi connectivity index (χ2n) is 5.24. The third-order valence-electron chi connectivity index (χ3n) is 3.85. The summed E-state index contributed by atoms with van der Waals surface area (Å²) < 4.78 is 14.9. The molecule has 3 rings (SSSR count). The fourth-order valence-electron chi connectivity index (χ4n) is 2.63. The fraction of sp³-hybridized carbons (Fsp3) is 0.235. The van der Waals surface area contributed by atoms with Crippen molar-refractivity contribution in [2.75, 3.05) is 31.1 Å². The fourth-order valence-corrected chi connectivity index (χ4v) is 3.22. The van der Waals surface area contributed by atoms with Crippen LogP contribution in [0, 0.1) is 5.82 Å². The topological polar surface area (TPSA) is 6.48 Å². The van der Waals surface area contributed by atoms with Crippen molar-refractivity contribution in [3.05, 3.63) is 64.4 Å². The Morgan fingerprint density at radius 3 is 2.23 bits per heavy atom. The lowest BCUT2D eigenvalue weighted by Crippen LogP contribution is -2.48. The van der Waals surface area contributed by atoms with Gasteiger partial charge in [0.1, 0.15) is 10.8 Å². The predicted molar refractivity (Wildman–Crippen MR) is 96.0 cm³/mol. The Balaban J connectivity index is 1.65. The van der Waals surface area contributed by atoms with E-state index in [1.165, 1.54) is 6.07 Å². The van der Waals surface area contributed by atoms with Crippen LogP contribution in [-0.2, 0) is 0 Å². The van der Waals surface area contributed by atoms with Crippen LogP contribution in [0.15, 0.2) is 53.0 Å². The molecule has 2 aromatic rings. The molecular formula is C17H16BrFN2S. The average Bonchev–Trinajstić information content (AvgIpc) is 2.56. The molecule has 0 N–H and O–H groups in total. The van der Waals surface area contributed by atoms with Crippen LogP contribution < -0.4 is 4.90 Å². The van der Waals surface area contributed by atoms with Crippen LogP contribution in [0.3, 0.4) is 0 Å². The summed E-state index contributed by atoms with van der Waals surface area (Å²) in [5.74, 6) is -0.161. The molecule has 2 nitrogen and oxygen atoms in total. The number of benzene rings is 2. The first-order chi connectivity index (χ1) is 10.6. The van der Waals surface area contributed by atoms with Gasteiger partial charge in [-0.25, -0.2) is 4.39 Å². The van der Waals surface area contributed by atoms with Crippen LogP contribution in [0.2, 0.25) is 0 Å². The highest BCUT2D eigenvalue weighted by molar-refractivity contribution is 9.10. The lowest BCUT2D eigenvalue weighted by Gasteiger charge is -2.37. The number of anilines is 1. The van der Waals surface area contributed by atoms with E-state index in [1.807, 2.05) is 36.4 Å². The predicted octanol–water partition coefficient (Wildman–Crippen LogP) is 4.09. The first kappa shape index (κ1) is 15.4. The van der Waals surface area contributed by atoms with Crippen molar-refractivity contribution >= 4 is 38.8 Å². The second kappa shape index (κ2) is 6.75. The smallest absolute Gasteiger partial charge is 0.146 e. The van der Waals surface area contributed by atoms with E-state index in [-0.39, 0.29) is 5.82 Å². The largest absolute Gasteiger partial charge is 0.366 e. The zero-order chi connectivity index (χ0) is 15.5. The van der Waals surface area contributed by atoms with E-state index in [2.05, 4.69) is 25.7 Å². The number of halogens is 2. The van der Waals surface area contributed by atoms with Gasteiger partial charge in [-0.05, 0) is 24.3 Å². The minimum absolute atomic E-state index is 0.161. The van der Waals surface area contributed by atoms with E-state index in [4.69, 9.17) is 12.2 Å². The van der Waals surface area contributed by atoms with Crippen molar-refractivity contribution in [3.8, 4) is 0 Å². The van der Waals surface area contributed by atoms with Gasteiger partial charge < -0.3 is 9.80 Å². The maximum Gasteiger partial charge on any atom is 0.146 e. The molecule has 0 bridgehead atoms. The number of para-hydroxylation sites is 1. The molecule has 0 spiro atoms. The van der Waals surface area contributed by atoms with Crippen LogP contribution in [0.4, 0.5) is 10.1 Å². The van der Waals surface area contributed by atoms with Crippen molar-refractivity contribution in [2.45, 2.75) is 0 Å². The lowest BCUT2D eigenvalue weighted by atomic mass is 10.2. The lowest BCUT2D eigenvalue weighted by molar-refractivity contribution is 0.390. The number of thiocarbonyl (C=S) groups is 1. The van der Waals surface area contributed by atoms with Gasteiger partial charge in [-0.15, -0.1) is 0 Å². The SMILES string of the molecule is Fc1ccccc1N1CCN(C(=S)c2ccc(Br)cc2)CC1. The van der Waals surface area contributed by atoms with Crippen molar-refractivity contribution in [3.63, 3.8) is 0 Å². The first-order valence-corrected chi connectivity index (χ1v) is 8.39.